The molecule has 1 aromatic rings. The van der Waals surface area contributed by atoms with Gasteiger partial charge in [0.15, 0.2) is 0 Å². The molecule has 94 valence electrons. The van der Waals surface area contributed by atoms with Gasteiger partial charge in [-0.2, -0.15) is 0 Å². The number of amides is 1. The molecule has 0 heterocycles. The second-order valence-electron chi connectivity index (χ2n) is 5.11. The highest BCUT2D eigenvalue weighted by atomic mass is 19.1. The lowest BCUT2D eigenvalue weighted by Crippen LogP contribution is -2.23. The van der Waals surface area contributed by atoms with Gasteiger partial charge in [-0.05, 0) is 60.9 Å². The molecule has 2 aliphatic carbocycles. The summed E-state index contributed by atoms with van der Waals surface area (Å²) in [6, 6.07) is 5.23. The van der Waals surface area contributed by atoms with Crippen molar-refractivity contribution in [2.75, 3.05) is 0 Å². The topological polar surface area (TPSA) is 29.1 Å². The predicted molar refractivity (Wildman–Crippen MR) is 68.5 cm³/mol. The zero-order chi connectivity index (χ0) is 12.5. The molecule has 3 heteroatoms. The first-order chi connectivity index (χ1) is 8.72. The molecule has 2 aliphatic rings. The second kappa shape index (κ2) is 4.56. The summed E-state index contributed by atoms with van der Waals surface area (Å²) >= 11 is 0. The fourth-order valence-electron chi connectivity index (χ4n) is 2.45. The number of halogens is 1. The van der Waals surface area contributed by atoms with Crippen molar-refractivity contribution in [3.63, 3.8) is 0 Å². The zero-order valence-electron chi connectivity index (χ0n) is 10.2. The standard InChI is InChI=1S/C15H16FNO/c16-12-5-4-10-2-1-3-11(14(10)9-12)8-15(18)17-13-6-7-13/h4-5,8-9,13H,1-3,6-7H2,(H,17,18). The average Bonchev–Trinajstić information content (AvgIpc) is 3.14. The number of allylic oxidation sites excluding steroid dienone is 1. The van der Waals surface area contributed by atoms with Crippen molar-refractivity contribution in [1.82, 2.24) is 5.32 Å². The van der Waals surface area contributed by atoms with E-state index in [1.54, 1.807) is 12.1 Å². The van der Waals surface area contributed by atoms with Crippen molar-refractivity contribution in [2.45, 2.75) is 38.1 Å². The summed E-state index contributed by atoms with van der Waals surface area (Å²) in [5.74, 6) is -0.270. The predicted octanol–water partition coefficient (Wildman–Crippen LogP) is 2.82. The van der Waals surface area contributed by atoms with Gasteiger partial charge < -0.3 is 5.32 Å². The Balaban J connectivity index is 1.87. The van der Waals surface area contributed by atoms with Crippen LogP contribution in [0.4, 0.5) is 4.39 Å². The van der Waals surface area contributed by atoms with Gasteiger partial charge in [-0.1, -0.05) is 6.07 Å². The Morgan fingerprint density at radius 2 is 2.17 bits per heavy atom. The first kappa shape index (κ1) is 11.5. The molecule has 3 rings (SSSR count). The van der Waals surface area contributed by atoms with Gasteiger partial charge >= 0.3 is 0 Å². The Morgan fingerprint density at radius 1 is 1.33 bits per heavy atom. The lowest BCUT2D eigenvalue weighted by atomic mass is 9.87. The molecule has 1 amide bonds. The van der Waals surface area contributed by atoms with Crippen molar-refractivity contribution in [1.29, 1.82) is 0 Å². The van der Waals surface area contributed by atoms with Crippen molar-refractivity contribution < 1.29 is 9.18 Å². The zero-order valence-corrected chi connectivity index (χ0v) is 10.2. The first-order valence-electron chi connectivity index (χ1n) is 6.52. The number of hydrogen-bond acceptors (Lipinski definition) is 1. The number of rotatable bonds is 2. The van der Waals surface area contributed by atoms with E-state index in [1.165, 1.54) is 6.07 Å². The number of hydrogen-bond donors (Lipinski definition) is 1. The third-order valence-corrected chi connectivity index (χ3v) is 3.54. The van der Waals surface area contributed by atoms with Crippen molar-refractivity contribution in [3.05, 3.63) is 41.2 Å². The summed E-state index contributed by atoms with van der Waals surface area (Å²) in [5, 5.41) is 2.94. The quantitative estimate of drug-likeness (QED) is 0.798. The second-order valence-corrected chi connectivity index (χ2v) is 5.11. The smallest absolute Gasteiger partial charge is 0.244 e. The van der Waals surface area contributed by atoms with E-state index in [-0.39, 0.29) is 11.7 Å². The SMILES string of the molecule is O=C(C=C1CCCc2ccc(F)cc21)NC1CC1. The molecule has 18 heavy (non-hydrogen) atoms. The molecule has 0 aromatic heterocycles. The Hall–Kier alpha value is -1.64. The minimum absolute atomic E-state index is 0.0374. The number of carbonyl (C=O) groups excluding carboxylic acids is 1. The molecule has 0 saturated heterocycles. The van der Waals surface area contributed by atoms with Gasteiger partial charge in [0.05, 0.1) is 0 Å². The molecule has 0 atom stereocenters. The van der Waals surface area contributed by atoms with E-state index in [4.69, 9.17) is 0 Å². The normalized spacial score (nSPS) is 20.6. The summed E-state index contributed by atoms with van der Waals surface area (Å²) in [7, 11) is 0. The van der Waals surface area contributed by atoms with E-state index < -0.39 is 0 Å². The van der Waals surface area contributed by atoms with Crippen LogP contribution in [0, 0.1) is 5.82 Å². The lowest BCUT2D eigenvalue weighted by Gasteiger charge is -2.18. The van der Waals surface area contributed by atoms with E-state index in [0.717, 1.165) is 48.8 Å². The van der Waals surface area contributed by atoms with Crippen LogP contribution in [0.2, 0.25) is 0 Å². The third-order valence-electron chi connectivity index (χ3n) is 3.54. The Kier molecular flexibility index (Phi) is 2.90. The first-order valence-corrected chi connectivity index (χ1v) is 6.52. The van der Waals surface area contributed by atoms with E-state index in [9.17, 15) is 9.18 Å². The molecule has 0 spiro atoms. The molecule has 0 bridgehead atoms. The summed E-state index contributed by atoms with van der Waals surface area (Å²) in [6.45, 7) is 0. The largest absolute Gasteiger partial charge is 0.350 e. The Morgan fingerprint density at radius 3 is 2.94 bits per heavy atom. The molecule has 0 radical (unpaired) electrons. The van der Waals surface area contributed by atoms with Crippen LogP contribution in [0.5, 0.6) is 0 Å². The number of nitrogens with one attached hydrogen (secondary N) is 1. The molecule has 0 unspecified atom stereocenters. The van der Waals surface area contributed by atoms with Crippen LogP contribution in [0.1, 0.15) is 36.8 Å². The lowest BCUT2D eigenvalue weighted by molar-refractivity contribution is -0.116. The number of aryl methyl sites for hydroxylation is 1. The molecule has 1 N–H and O–H groups in total. The maximum atomic E-state index is 13.3. The van der Waals surface area contributed by atoms with Gasteiger partial charge in [0.1, 0.15) is 5.82 Å². The summed E-state index contributed by atoms with van der Waals surface area (Å²) < 4.78 is 13.3. The van der Waals surface area contributed by atoms with Gasteiger partial charge in [-0.25, -0.2) is 4.39 Å². The number of fused-ring (bicyclic) bond motifs is 1. The van der Waals surface area contributed by atoms with Crippen LogP contribution in [0.15, 0.2) is 24.3 Å². The molecule has 1 saturated carbocycles. The van der Waals surface area contributed by atoms with Crippen molar-refractivity contribution in [2.24, 2.45) is 0 Å². The molecular formula is C15H16FNO. The Bertz CT molecular complexity index is 517. The average molecular weight is 245 g/mol. The maximum absolute atomic E-state index is 13.3. The van der Waals surface area contributed by atoms with Crippen LogP contribution in [-0.2, 0) is 11.2 Å². The van der Waals surface area contributed by atoms with Gasteiger partial charge in [0.25, 0.3) is 0 Å². The summed E-state index contributed by atoms with van der Waals surface area (Å²) in [6.07, 6.45) is 6.67. The van der Waals surface area contributed by atoms with Crippen LogP contribution in [0.25, 0.3) is 5.57 Å². The highest BCUT2D eigenvalue weighted by Gasteiger charge is 2.23. The molecule has 1 fully saturated rings. The molecule has 2 nitrogen and oxygen atoms in total. The van der Waals surface area contributed by atoms with E-state index >= 15 is 0 Å². The van der Waals surface area contributed by atoms with E-state index in [0.29, 0.717) is 6.04 Å². The summed E-state index contributed by atoms with van der Waals surface area (Å²) in [5.41, 5.74) is 3.02. The molecule has 0 aliphatic heterocycles. The van der Waals surface area contributed by atoms with E-state index in [2.05, 4.69) is 5.32 Å². The van der Waals surface area contributed by atoms with Crippen molar-refractivity contribution in [3.8, 4) is 0 Å². The highest BCUT2D eigenvalue weighted by Crippen LogP contribution is 2.31. The van der Waals surface area contributed by atoms with Gasteiger partial charge in [0, 0.05) is 12.1 Å². The van der Waals surface area contributed by atoms with Crippen LogP contribution < -0.4 is 5.32 Å². The van der Waals surface area contributed by atoms with Crippen LogP contribution in [0.3, 0.4) is 0 Å². The van der Waals surface area contributed by atoms with Crippen LogP contribution in [-0.4, -0.2) is 11.9 Å². The minimum atomic E-state index is -0.232. The minimum Gasteiger partial charge on any atom is -0.350 e. The maximum Gasteiger partial charge on any atom is 0.244 e. The molecular weight excluding hydrogens is 229 g/mol. The van der Waals surface area contributed by atoms with Gasteiger partial charge in [0.2, 0.25) is 5.91 Å². The van der Waals surface area contributed by atoms with Gasteiger partial charge in [-0.3, -0.25) is 4.79 Å². The van der Waals surface area contributed by atoms with E-state index in [1.807, 2.05) is 6.07 Å². The van der Waals surface area contributed by atoms with Crippen molar-refractivity contribution >= 4 is 11.5 Å². The highest BCUT2D eigenvalue weighted by molar-refractivity contribution is 5.96. The fraction of sp³-hybridized carbons (Fsp3) is 0.400. The molecule has 1 aromatic carbocycles. The fourth-order valence-corrected chi connectivity index (χ4v) is 2.45. The number of benzene rings is 1. The number of carbonyl (C=O) groups is 1. The summed E-state index contributed by atoms with van der Waals surface area (Å²) in [4.78, 5) is 11.8. The van der Waals surface area contributed by atoms with Gasteiger partial charge in [-0.15, -0.1) is 0 Å². The third kappa shape index (κ3) is 2.45. The monoisotopic (exact) mass is 245 g/mol. The Labute approximate surface area is 106 Å². The van der Waals surface area contributed by atoms with Crippen LogP contribution >= 0.6 is 0 Å².